The second-order valence-electron chi connectivity index (χ2n) is 5.91. The van der Waals surface area contributed by atoms with Gasteiger partial charge < -0.3 is 14.9 Å². The van der Waals surface area contributed by atoms with Crippen LogP contribution in [0.5, 0.6) is 11.5 Å². The van der Waals surface area contributed by atoms with Gasteiger partial charge in [0, 0.05) is 18.2 Å². The molecule has 1 amide bonds. The highest BCUT2D eigenvalue weighted by molar-refractivity contribution is 6.16. The lowest BCUT2D eigenvalue weighted by Gasteiger charge is -2.27. The molecular formula is C20H19NO5. The molecule has 2 N–H and O–H groups in total. The average Bonchev–Trinajstić information content (AvgIpc) is 2.93. The second kappa shape index (κ2) is 6.92. The van der Waals surface area contributed by atoms with Crippen LogP contribution < -0.4 is 9.64 Å². The zero-order valence-electron chi connectivity index (χ0n) is 14.5. The Morgan fingerprint density at radius 1 is 1.15 bits per heavy atom. The van der Waals surface area contributed by atoms with E-state index in [9.17, 15) is 19.8 Å². The molecule has 26 heavy (non-hydrogen) atoms. The van der Waals surface area contributed by atoms with Crippen LogP contribution in [0.4, 0.5) is 5.69 Å². The zero-order valence-corrected chi connectivity index (χ0v) is 14.5. The number of methoxy groups -OCH3 is 1. The second-order valence-corrected chi connectivity index (χ2v) is 5.91. The number of amides is 1. The van der Waals surface area contributed by atoms with Crippen LogP contribution in [-0.2, 0) is 9.59 Å². The van der Waals surface area contributed by atoms with Gasteiger partial charge in [-0.1, -0.05) is 25.1 Å². The van der Waals surface area contributed by atoms with E-state index < -0.39 is 17.7 Å². The number of aliphatic hydroxyl groups is 1. The number of carbonyl (C=O) groups is 2. The molecule has 2 aromatic carbocycles. The fraction of sp³-hybridized carbons (Fsp3) is 0.200. The van der Waals surface area contributed by atoms with Crippen molar-refractivity contribution in [2.24, 2.45) is 0 Å². The van der Waals surface area contributed by atoms with Gasteiger partial charge in [0.15, 0.2) is 11.5 Å². The first-order valence-corrected chi connectivity index (χ1v) is 8.20. The van der Waals surface area contributed by atoms with E-state index in [0.717, 1.165) is 0 Å². The first-order valence-electron chi connectivity index (χ1n) is 8.20. The van der Waals surface area contributed by atoms with E-state index in [1.165, 1.54) is 24.1 Å². The summed E-state index contributed by atoms with van der Waals surface area (Å²) in [5, 5.41) is 19.9. The van der Waals surface area contributed by atoms with Gasteiger partial charge in [-0.25, -0.2) is 0 Å². The van der Waals surface area contributed by atoms with Crippen molar-refractivity contribution in [2.75, 3.05) is 12.0 Å². The summed E-state index contributed by atoms with van der Waals surface area (Å²) >= 11 is 0. The van der Waals surface area contributed by atoms with Gasteiger partial charge in [-0.15, -0.1) is 0 Å². The number of Topliss-reactive ketones (excluding diaryl/α,β-unsaturated/α-hetero) is 1. The number of hydrogen-bond donors (Lipinski definition) is 2. The van der Waals surface area contributed by atoms with Gasteiger partial charge in [0.2, 0.25) is 0 Å². The SMILES string of the molecule is CCC(=O)C1=C(O)C(=O)N(c2cccc(OC)c2)C1c1ccc(O)cc1. The van der Waals surface area contributed by atoms with Crippen LogP contribution >= 0.6 is 0 Å². The molecule has 1 aliphatic heterocycles. The lowest BCUT2D eigenvalue weighted by Crippen LogP contribution is -2.31. The molecule has 2 aromatic rings. The van der Waals surface area contributed by atoms with Gasteiger partial charge in [-0.2, -0.15) is 0 Å². The predicted molar refractivity (Wildman–Crippen MR) is 96.3 cm³/mol. The number of benzene rings is 2. The minimum absolute atomic E-state index is 0.0611. The molecule has 1 aliphatic rings. The molecule has 0 saturated carbocycles. The quantitative estimate of drug-likeness (QED) is 0.861. The molecule has 1 atom stereocenters. The molecule has 134 valence electrons. The Labute approximate surface area is 150 Å². The Bertz CT molecular complexity index is 885. The number of anilines is 1. The van der Waals surface area contributed by atoms with E-state index in [-0.39, 0.29) is 23.5 Å². The zero-order chi connectivity index (χ0) is 18.8. The fourth-order valence-electron chi connectivity index (χ4n) is 3.08. The summed E-state index contributed by atoms with van der Waals surface area (Å²) in [5.41, 5.74) is 1.17. The minimum atomic E-state index is -0.775. The Morgan fingerprint density at radius 2 is 1.85 bits per heavy atom. The van der Waals surface area contributed by atoms with Gasteiger partial charge in [-0.05, 0) is 29.8 Å². The number of aliphatic hydroxyl groups excluding tert-OH is 1. The summed E-state index contributed by atoms with van der Waals surface area (Å²) < 4.78 is 5.21. The third-order valence-corrected chi connectivity index (χ3v) is 4.37. The summed E-state index contributed by atoms with van der Waals surface area (Å²) in [6, 6.07) is 12.3. The van der Waals surface area contributed by atoms with Crippen LogP contribution in [0.3, 0.4) is 0 Å². The molecule has 0 bridgehead atoms. The highest BCUT2D eigenvalue weighted by Gasteiger charge is 2.43. The van der Waals surface area contributed by atoms with Crippen LogP contribution in [0.25, 0.3) is 0 Å². The Kier molecular flexibility index (Phi) is 4.67. The Balaban J connectivity index is 2.17. The number of aromatic hydroxyl groups is 1. The van der Waals surface area contributed by atoms with Crippen LogP contribution in [0.1, 0.15) is 24.9 Å². The van der Waals surface area contributed by atoms with E-state index in [2.05, 4.69) is 0 Å². The maximum Gasteiger partial charge on any atom is 0.294 e. The number of phenols is 1. The minimum Gasteiger partial charge on any atom is -0.508 e. The number of carbonyl (C=O) groups excluding carboxylic acids is 2. The first-order chi connectivity index (χ1) is 12.5. The number of ether oxygens (including phenoxy) is 1. The summed E-state index contributed by atoms with van der Waals surface area (Å²) in [6.45, 7) is 1.68. The number of nitrogens with zero attached hydrogens (tertiary/aromatic N) is 1. The van der Waals surface area contributed by atoms with Crippen molar-refractivity contribution in [1.82, 2.24) is 0 Å². The smallest absolute Gasteiger partial charge is 0.294 e. The van der Waals surface area contributed by atoms with E-state index >= 15 is 0 Å². The van der Waals surface area contributed by atoms with Gasteiger partial charge in [-0.3, -0.25) is 14.5 Å². The number of hydrogen-bond acceptors (Lipinski definition) is 5. The van der Waals surface area contributed by atoms with Crippen molar-refractivity contribution in [3.8, 4) is 11.5 Å². The Morgan fingerprint density at radius 3 is 2.46 bits per heavy atom. The van der Waals surface area contributed by atoms with Crippen molar-refractivity contribution < 1.29 is 24.5 Å². The lowest BCUT2D eigenvalue weighted by molar-refractivity contribution is -0.118. The maximum absolute atomic E-state index is 12.8. The van der Waals surface area contributed by atoms with Crippen molar-refractivity contribution >= 4 is 17.4 Å². The standard InChI is InChI=1S/C20H19NO5/c1-3-16(23)17-18(12-7-9-14(22)10-8-12)21(20(25)19(17)24)13-5-4-6-15(11-13)26-2/h4-11,18,22,24H,3H2,1-2H3. The van der Waals surface area contributed by atoms with Crippen molar-refractivity contribution in [1.29, 1.82) is 0 Å². The van der Waals surface area contributed by atoms with Gasteiger partial charge in [0.25, 0.3) is 5.91 Å². The molecule has 6 heteroatoms. The first kappa shape index (κ1) is 17.5. The van der Waals surface area contributed by atoms with Gasteiger partial charge >= 0.3 is 0 Å². The van der Waals surface area contributed by atoms with Gasteiger partial charge in [0.1, 0.15) is 11.5 Å². The molecule has 0 spiro atoms. The molecule has 0 saturated heterocycles. The van der Waals surface area contributed by atoms with Crippen LogP contribution in [0, 0.1) is 0 Å². The summed E-state index contributed by atoms with van der Waals surface area (Å²) in [6.07, 6.45) is 0.160. The molecule has 0 aromatic heterocycles. The van der Waals surface area contributed by atoms with Crippen LogP contribution in [-0.4, -0.2) is 29.0 Å². The number of ketones is 1. The highest BCUT2D eigenvalue weighted by Crippen LogP contribution is 2.42. The van der Waals surface area contributed by atoms with Crippen molar-refractivity contribution in [3.63, 3.8) is 0 Å². The van der Waals surface area contributed by atoms with E-state index in [1.54, 1.807) is 43.3 Å². The number of phenolic OH excluding ortho intramolecular Hbond substituents is 1. The normalized spacial score (nSPS) is 16.9. The van der Waals surface area contributed by atoms with Crippen LogP contribution in [0.15, 0.2) is 59.9 Å². The average molecular weight is 353 g/mol. The fourth-order valence-corrected chi connectivity index (χ4v) is 3.08. The third-order valence-electron chi connectivity index (χ3n) is 4.37. The molecule has 0 radical (unpaired) electrons. The number of rotatable bonds is 5. The van der Waals surface area contributed by atoms with E-state index in [0.29, 0.717) is 17.0 Å². The third kappa shape index (κ3) is 2.90. The molecule has 6 nitrogen and oxygen atoms in total. The van der Waals surface area contributed by atoms with E-state index in [4.69, 9.17) is 4.74 Å². The monoisotopic (exact) mass is 353 g/mol. The van der Waals surface area contributed by atoms with Crippen molar-refractivity contribution in [3.05, 3.63) is 65.4 Å². The predicted octanol–water partition coefficient (Wildman–Crippen LogP) is 3.28. The molecule has 0 aliphatic carbocycles. The molecular weight excluding hydrogens is 334 g/mol. The van der Waals surface area contributed by atoms with Crippen molar-refractivity contribution in [2.45, 2.75) is 19.4 Å². The summed E-state index contributed by atoms with van der Waals surface area (Å²) in [4.78, 5) is 26.6. The summed E-state index contributed by atoms with van der Waals surface area (Å²) in [7, 11) is 1.52. The molecule has 1 unspecified atom stereocenters. The summed E-state index contributed by atoms with van der Waals surface area (Å²) in [5.74, 6) is -0.873. The van der Waals surface area contributed by atoms with Crippen LogP contribution in [0.2, 0.25) is 0 Å². The molecule has 3 rings (SSSR count). The molecule has 1 heterocycles. The highest BCUT2D eigenvalue weighted by atomic mass is 16.5. The lowest BCUT2D eigenvalue weighted by atomic mass is 9.95. The molecule has 0 fully saturated rings. The topological polar surface area (TPSA) is 87.1 Å². The Hall–Kier alpha value is -3.28. The van der Waals surface area contributed by atoms with Gasteiger partial charge in [0.05, 0.1) is 18.7 Å². The largest absolute Gasteiger partial charge is 0.508 e. The van der Waals surface area contributed by atoms with E-state index in [1.807, 2.05) is 0 Å². The maximum atomic E-state index is 12.8.